The molecule has 0 radical (unpaired) electrons. The lowest BCUT2D eigenvalue weighted by atomic mass is 10.2. The molecule has 0 aliphatic carbocycles. The van der Waals surface area contributed by atoms with Crippen LogP contribution in [0.15, 0.2) is 58.3 Å². The molecule has 0 saturated heterocycles. The summed E-state index contributed by atoms with van der Waals surface area (Å²) in [6, 6.07) is 11.1. The maximum Gasteiger partial charge on any atom is 0.256 e. The first-order valence-electron chi connectivity index (χ1n) is 5.93. The molecule has 22 heavy (non-hydrogen) atoms. The third kappa shape index (κ3) is 3.77. The van der Waals surface area contributed by atoms with E-state index in [-0.39, 0.29) is 15.4 Å². The number of primary sulfonamides is 1. The lowest BCUT2D eigenvalue weighted by molar-refractivity contribution is 0.102. The van der Waals surface area contributed by atoms with Gasteiger partial charge in [0, 0.05) is 5.69 Å². The molecule has 0 fully saturated rings. The van der Waals surface area contributed by atoms with E-state index in [2.05, 4.69) is 5.32 Å². The van der Waals surface area contributed by atoms with Crippen molar-refractivity contribution in [3.8, 4) is 0 Å². The van der Waals surface area contributed by atoms with Crippen molar-refractivity contribution in [3.63, 3.8) is 0 Å². The molecule has 0 aromatic heterocycles. The van der Waals surface area contributed by atoms with Crippen LogP contribution in [0.1, 0.15) is 10.4 Å². The van der Waals surface area contributed by atoms with Crippen molar-refractivity contribution in [2.24, 2.45) is 5.14 Å². The van der Waals surface area contributed by atoms with Crippen LogP contribution >= 0.6 is 0 Å². The van der Waals surface area contributed by atoms with Crippen molar-refractivity contribution in [1.29, 1.82) is 0 Å². The summed E-state index contributed by atoms with van der Waals surface area (Å²) in [6.07, 6.45) is 0. The summed E-state index contributed by atoms with van der Waals surface area (Å²) in [5.41, 5.74) is 0.384. The first-order valence-corrected chi connectivity index (χ1v) is 8.58. The maximum atomic E-state index is 12.1. The van der Waals surface area contributed by atoms with Crippen LogP contribution in [-0.4, -0.2) is 23.1 Å². The van der Waals surface area contributed by atoms with Crippen molar-refractivity contribution in [2.45, 2.75) is 9.79 Å². The lowest BCUT2D eigenvalue weighted by Gasteiger charge is -2.08. The summed E-state index contributed by atoms with van der Waals surface area (Å²) in [5, 5.41) is 7.49. The van der Waals surface area contributed by atoms with Gasteiger partial charge in [-0.3, -0.25) is 4.79 Å². The second-order valence-electron chi connectivity index (χ2n) is 4.27. The lowest BCUT2D eigenvalue weighted by Crippen LogP contribution is -2.15. The van der Waals surface area contributed by atoms with Crippen molar-refractivity contribution in [3.05, 3.63) is 54.1 Å². The number of amides is 1. The van der Waals surface area contributed by atoms with Crippen LogP contribution in [0.5, 0.6) is 0 Å². The number of sulfonamides is 1. The fourth-order valence-electron chi connectivity index (χ4n) is 1.73. The van der Waals surface area contributed by atoms with E-state index in [9.17, 15) is 17.4 Å². The van der Waals surface area contributed by atoms with Gasteiger partial charge in [0.25, 0.3) is 5.91 Å². The molecule has 2 aromatic rings. The van der Waals surface area contributed by atoms with Crippen LogP contribution < -0.4 is 10.5 Å². The molecule has 0 aliphatic rings. The van der Waals surface area contributed by atoms with Gasteiger partial charge in [0.2, 0.25) is 10.0 Å². The monoisotopic (exact) mass is 340 g/mol. The highest BCUT2D eigenvalue weighted by atomic mass is 32.2. The standard InChI is InChI=1S/C13H12N2O5S2/c14-22(19,20)10-7-5-9(6-8-10)15-13(16)11-3-1-2-4-12(11)21(17)18/h1-8H,(H,15,16)(H,17,18)(H2,14,19,20). The average molecular weight is 340 g/mol. The summed E-state index contributed by atoms with van der Waals surface area (Å²) in [7, 11) is -3.80. The number of carbonyl (C=O) groups excluding carboxylic acids is 1. The summed E-state index contributed by atoms with van der Waals surface area (Å²) in [5.74, 6) is -0.582. The Morgan fingerprint density at radius 1 is 1.09 bits per heavy atom. The van der Waals surface area contributed by atoms with E-state index < -0.39 is 27.0 Å². The maximum absolute atomic E-state index is 12.1. The topological polar surface area (TPSA) is 127 Å². The second-order valence-corrected chi connectivity index (χ2v) is 6.77. The zero-order chi connectivity index (χ0) is 16.3. The zero-order valence-corrected chi connectivity index (χ0v) is 12.7. The number of carbonyl (C=O) groups is 1. The van der Waals surface area contributed by atoms with Crippen molar-refractivity contribution >= 4 is 32.7 Å². The summed E-state index contributed by atoms with van der Waals surface area (Å²) >= 11 is -2.29. The van der Waals surface area contributed by atoms with E-state index in [1.54, 1.807) is 12.1 Å². The summed E-state index contributed by atoms with van der Waals surface area (Å²) in [4.78, 5) is 12.0. The molecule has 0 bridgehead atoms. The normalized spacial score (nSPS) is 12.6. The van der Waals surface area contributed by atoms with Gasteiger partial charge in [-0.25, -0.2) is 17.8 Å². The molecule has 4 N–H and O–H groups in total. The van der Waals surface area contributed by atoms with Crippen molar-refractivity contribution < 1.29 is 22.0 Å². The number of benzene rings is 2. The molecule has 0 heterocycles. The molecule has 0 aliphatic heterocycles. The Labute approximate surface area is 129 Å². The Morgan fingerprint density at radius 3 is 2.23 bits per heavy atom. The number of hydrogen-bond donors (Lipinski definition) is 3. The van der Waals surface area contributed by atoms with Gasteiger partial charge in [-0.15, -0.1) is 0 Å². The molecule has 7 nitrogen and oxygen atoms in total. The SMILES string of the molecule is NS(=O)(=O)c1ccc(NC(=O)c2ccccc2S(=O)O)cc1. The Hall–Kier alpha value is -2.07. The van der Waals surface area contributed by atoms with Gasteiger partial charge >= 0.3 is 0 Å². The van der Waals surface area contributed by atoms with E-state index >= 15 is 0 Å². The Morgan fingerprint density at radius 2 is 1.68 bits per heavy atom. The number of nitrogens with two attached hydrogens (primary N) is 1. The first kappa shape index (κ1) is 16.3. The highest BCUT2D eigenvalue weighted by Crippen LogP contribution is 2.17. The molecular formula is C13H12N2O5S2. The van der Waals surface area contributed by atoms with E-state index in [0.717, 1.165) is 0 Å². The predicted molar refractivity (Wildman–Crippen MR) is 81.2 cm³/mol. The van der Waals surface area contributed by atoms with Crippen LogP contribution in [0, 0.1) is 0 Å². The number of nitrogens with one attached hydrogen (secondary N) is 1. The average Bonchev–Trinajstić information content (AvgIpc) is 2.46. The molecular weight excluding hydrogens is 328 g/mol. The fraction of sp³-hybridized carbons (Fsp3) is 0. The van der Waals surface area contributed by atoms with Gasteiger partial charge in [0.15, 0.2) is 11.1 Å². The quantitative estimate of drug-likeness (QED) is 0.720. The third-order valence-electron chi connectivity index (χ3n) is 2.76. The number of hydrogen-bond acceptors (Lipinski definition) is 4. The molecule has 1 amide bonds. The highest BCUT2D eigenvalue weighted by molar-refractivity contribution is 7.89. The summed E-state index contributed by atoms with van der Waals surface area (Å²) < 4.78 is 42.6. The minimum Gasteiger partial charge on any atom is -0.322 e. The summed E-state index contributed by atoms with van der Waals surface area (Å²) in [6.45, 7) is 0. The molecule has 0 saturated carbocycles. The fourth-order valence-corrected chi connectivity index (χ4v) is 2.79. The molecule has 1 atom stereocenters. The Bertz CT molecular complexity index is 832. The molecule has 1 unspecified atom stereocenters. The number of anilines is 1. The molecule has 0 spiro atoms. The third-order valence-corrected chi connectivity index (χ3v) is 4.42. The van der Waals surface area contributed by atoms with Crippen LogP contribution in [0.25, 0.3) is 0 Å². The largest absolute Gasteiger partial charge is 0.322 e. The van der Waals surface area contributed by atoms with Crippen LogP contribution in [-0.2, 0) is 21.1 Å². The van der Waals surface area contributed by atoms with Gasteiger partial charge in [-0.05, 0) is 36.4 Å². The molecule has 116 valence electrons. The van der Waals surface area contributed by atoms with E-state index in [0.29, 0.717) is 5.69 Å². The second kappa shape index (κ2) is 6.36. The molecule has 2 rings (SSSR count). The smallest absolute Gasteiger partial charge is 0.256 e. The van der Waals surface area contributed by atoms with Gasteiger partial charge in [-0.1, -0.05) is 12.1 Å². The Kier molecular flexibility index (Phi) is 4.71. The van der Waals surface area contributed by atoms with E-state index in [1.165, 1.54) is 36.4 Å². The van der Waals surface area contributed by atoms with Crippen LogP contribution in [0.4, 0.5) is 5.69 Å². The van der Waals surface area contributed by atoms with Gasteiger partial charge in [0.05, 0.1) is 15.4 Å². The molecule has 2 aromatic carbocycles. The van der Waals surface area contributed by atoms with Gasteiger partial charge < -0.3 is 9.87 Å². The molecule has 9 heteroatoms. The van der Waals surface area contributed by atoms with Gasteiger partial charge in [0.1, 0.15) is 0 Å². The first-order chi connectivity index (χ1) is 10.3. The number of rotatable bonds is 4. The van der Waals surface area contributed by atoms with E-state index in [4.69, 9.17) is 9.69 Å². The van der Waals surface area contributed by atoms with Crippen molar-refractivity contribution in [2.75, 3.05) is 5.32 Å². The van der Waals surface area contributed by atoms with Crippen LogP contribution in [0.3, 0.4) is 0 Å². The minimum atomic E-state index is -3.80. The van der Waals surface area contributed by atoms with E-state index in [1.807, 2.05) is 0 Å². The Balaban J connectivity index is 2.25. The highest BCUT2D eigenvalue weighted by Gasteiger charge is 2.15. The minimum absolute atomic E-state index is 0.0128. The zero-order valence-electron chi connectivity index (χ0n) is 11.1. The van der Waals surface area contributed by atoms with Crippen molar-refractivity contribution in [1.82, 2.24) is 0 Å². The van der Waals surface area contributed by atoms with Crippen LogP contribution in [0.2, 0.25) is 0 Å². The van der Waals surface area contributed by atoms with Gasteiger partial charge in [-0.2, -0.15) is 0 Å². The predicted octanol–water partition coefficient (Wildman–Crippen LogP) is 1.17.